The maximum absolute atomic E-state index is 5.26. The lowest BCUT2D eigenvalue weighted by Gasteiger charge is -2.20. The predicted molar refractivity (Wildman–Crippen MR) is 82.0 cm³/mol. The van der Waals surface area contributed by atoms with E-state index in [-0.39, 0.29) is 0 Å². The van der Waals surface area contributed by atoms with Crippen LogP contribution in [0.3, 0.4) is 0 Å². The van der Waals surface area contributed by atoms with Crippen LogP contribution >= 0.6 is 0 Å². The second kappa shape index (κ2) is 6.23. The van der Waals surface area contributed by atoms with Crippen LogP contribution in [-0.2, 0) is 0 Å². The highest BCUT2D eigenvalue weighted by atomic mass is 16.5. The molecule has 1 heterocycles. The van der Waals surface area contributed by atoms with Crippen LogP contribution in [0.4, 0.5) is 17.5 Å². The number of hydrogen-bond donors (Lipinski definition) is 1. The first-order valence-electron chi connectivity index (χ1n) is 6.61. The first-order valence-corrected chi connectivity index (χ1v) is 6.61. The second-order valence-corrected chi connectivity index (χ2v) is 4.48. The summed E-state index contributed by atoms with van der Waals surface area (Å²) < 4.78 is 5.26. The summed E-state index contributed by atoms with van der Waals surface area (Å²) >= 11 is 0. The third-order valence-electron chi connectivity index (χ3n) is 2.96. The molecule has 1 N–H and O–H groups in total. The van der Waals surface area contributed by atoms with E-state index in [2.05, 4.69) is 15.3 Å². The molecule has 20 heavy (non-hydrogen) atoms. The molecule has 0 saturated heterocycles. The number of aryl methyl sites for hydroxylation is 1. The van der Waals surface area contributed by atoms with Crippen LogP contribution in [-0.4, -0.2) is 30.7 Å². The molecule has 2 aromatic rings. The zero-order valence-electron chi connectivity index (χ0n) is 12.3. The monoisotopic (exact) mass is 272 g/mol. The van der Waals surface area contributed by atoms with E-state index < -0.39 is 0 Å². The standard InChI is InChI=1S/C15H20N4O/c1-5-16-15-17-11(2)9-14(18-15)19(3)12-7-6-8-13(10-12)20-4/h6-10H,5H2,1-4H3,(H,16,17,18). The predicted octanol–water partition coefficient (Wildman–Crippen LogP) is 2.99. The molecule has 2 rings (SSSR count). The van der Waals surface area contributed by atoms with Crippen molar-refractivity contribution in [3.63, 3.8) is 0 Å². The van der Waals surface area contributed by atoms with Gasteiger partial charge in [-0.1, -0.05) is 6.07 Å². The first-order chi connectivity index (χ1) is 9.63. The van der Waals surface area contributed by atoms with E-state index in [1.165, 1.54) is 0 Å². The molecule has 0 aliphatic rings. The Morgan fingerprint density at radius 2 is 2.05 bits per heavy atom. The van der Waals surface area contributed by atoms with E-state index in [4.69, 9.17) is 4.74 Å². The Labute approximate surface area is 119 Å². The minimum atomic E-state index is 0.650. The molecule has 0 atom stereocenters. The van der Waals surface area contributed by atoms with Crippen LogP contribution in [0.5, 0.6) is 5.75 Å². The fourth-order valence-electron chi connectivity index (χ4n) is 1.91. The largest absolute Gasteiger partial charge is 0.497 e. The van der Waals surface area contributed by atoms with Crippen molar-refractivity contribution in [2.24, 2.45) is 0 Å². The number of rotatable bonds is 5. The molecule has 0 amide bonds. The number of ether oxygens (including phenoxy) is 1. The Bertz CT molecular complexity index is 586. The van der Waals surface area contributed by atoms with Crippen molar-refractivity contribution in [2.75, 3.05) is 30.9 Å². The van der Waals surface area contributed by atoms with Gasteiger partial charge in [0.25, 0.3) is 0 Å². The van der Waals surface area contributed by atoms with Gasteiger partial charge in [0.05, 0.1) is 7.11 Å². The molecule has 0 unspecified atom stereocenters. The fraction of sp³-hybridized carbons (Fsp3) is 0.333. The molecule has 0 fully saturated rings. The summed E-state index contributed by atoms with van der Waals surface area (Å²) in [5, 5.41) is 3.14. The van der Waals surface area contributed by atoms with Crippen molar-refractivity contribution in [1.29, 1.82) is 0 Å². The SMILES string of the molecule is CCNc1nc(C)cc(N(C)c2cccc(OC)c2)n1. The van der Waals surface area contributed by atoms with Crippen molar-refractivity contribution < 1.29 is 4.74 Å². The van der Waals surface area contributed by atoms with Gasteiger partial charge in [0.15, 0.2) is 0 Å². The number of nitrogens with one attached hydrogen (secondary N) is 1. The van der Waals surface area contributed by atoms with Crippen molar-refractivity contribution >= 4 is 17.5 Å². The summed E-state index contributed by atoms with van der Waals surface area (Å²) in [6, 6.07) is 9.84. The molecule has 5 heteroatoms. The highest BCUT2D eigenvalue weighted by molar-refractivity contribution is 5.62. The van der Waals surface area contributed by atoms with Gasteiger partial charge < -0.3 is 15.0 Å². The molecule has 0 spiro atoms. The number of methoxy groups -OCH3 is 1. The van der Waals surface area contributed by atoms with Gasteiger partial charge in [0.2, 0.25) is 5.95 Å². The summed E-state index contributed by atoms with van der Waals surface area (Å²) in [6.07, 6.45) is 0. The normalized spacial score (nSPS) is 10.2. The lowest BCUT2D eigenvalue weighted by Crippen LogP contribution is -2.14. The average Bonchev–Trinajstić information content (AvgIpc) is 2.46. The van der Waals surface area contributed by atoms with Gasteiger partial charge >= 0.3 is 0 Å². The topological polar surface area (TPSA) is 50.3 Å². The lowest BCUT2D eigenvalue weighted by molar-refractivity contribution is 0.415. The zero-order valence-corrected chi connectivity index (χ0v) is 12.3. The van der Waals surface area contributed by atoms with Crippen molar-refractivity contribution in [2.45, 2.75) is 13.8 Å². The number of anilines is 3. The van der Waals surface area contributed by atoms with E-state index in [9.17, 15) is 0 Å². The molecule has 1 aromatic carbocycles. The minimum absolute atomic E-state index is 0.650. The van der Waals surface area contributed by atoms with E-state index >= 15 is 0 Å². The van der Waals surface area contributed by atoms with Crippen LogP contribution in [0.1, 0.15) is 12.6 Å². The third-order valence-corrected chi connectivity index (χ3v) is 2.96. The van der Waals surface area contributed by atoms with E-state index in [0.29, 0.717) is 5.95 Å². The van der Waals surface area contributed by atoms with Crippen LogP contribution in [0.2, 0.25) is 0 Å². The van der Waals surface area contributed by atoms with Crippen molar-refractivity contribution in [3.05, 3.63) is 36.0 Å². The molecule has 5 nitrogen and oxygen atoms in total. The molecular weight excluding hydrogens is 252 g/mol. The van der Waals surface area contributed by atoms with E-state index in [0.717, 1.165) is 29.5 Å². The maximum atomic E-state index is 5.26. The van der Waals surface area contributed by atoms with E-state index in [1.807, 2.05) is 56.1 Å². The number of aromatic nitrogens is 2. The van der Waals surface area contributed by atoms with Crippen LogP contribution in [0.25, 0.3) is 0 Å². The van der Waals surface area contributed by atoms with Gasteiger partial charge in [-0.2, -0.15) is 4.98 Å². The number of hydrogen-bond acceptors (Lipinski definition) is 5. The molecule has 0 bridgehead atoms. The van der Waals surface area contributed by atoms with Crippen molar-refractivity contribution in [3.8, 4) is 5.75 Å². The minimum Gasteiger partial charge on any atom is -0.497 e. The molecule has 106 valence electrons. The van der Waals surface area contributed by atoms with Crippen LogP contribution in [0, 0.1) is 6.92 Å². The Morgan fingerprint density at radius 1 is 1.25 bits per heavy atom. The van der Waals surface area contributed by atoms with E-state index in [1.54, 1.807) is 7.11 Å². The average molecular weight is 272 g/mol. The molecule has 1 aromatic heterocycles. The summed E-state index contributed by atoms with van der Waals surface area (Å²) in [5.74, 6) is 2.32. The second-order valence-electron chi connectivity index (χ2n) is 4.48. The van der Waals surface area contributed by atoms with Gasteiger partial charge in [-0.15, -0.1) is 0 Å². The molecule has 0 radical (unpaired) electrons. The quantitative estimate of drug-likeness (QED) is 0.906. The molecule has 0 aliphatic carbocycles. The molecular formula is C15H20N4O. The van der Waals surface area contributed by atoms with Gasteiger partial charge in [-0.25, -0.2) is 4.98 Å². The summed E-state index contributed by atoms with van der Waals surface area (Å²) in [7, 11) is 3.64. The summed E-state index contributed by atoms with van der Waals surface area (Å²) in [4.78, 5) is 10.9. The summed E-state index contributed by atoms with van der Waals surface area (Å²) in [5.41, 5.74) is 1.95. The Balaban J connectivity index is 2.34. The van der Waals surface area contributed by atoms with Gasteiger partial charge in [0, 0.05) is 37.1 Å². The van der Waals surface area contributed by atoms with Gasteiger partial charge in [0.1, 0.15) is 11.6 Å². The maximum Gasteiger partial charge on any atom is 0.224 e. The molecule has 0 saturated carbocycles. The third kappa shape index (κ3) is 3.17. The number of benzene rings is 1. The smallest absolute Gasteiger partial charge is 0.224 e. The zero-order chi connectivity index (χ0) is 14.5. The number of nitrogens with zero attached hydrogens (tertiary/aromatic N) is 3. The van der Waals surface area contributed by atoms with Crippen molar-refractivity contribution in [1.82, 2.24) is 9.97 Å². The fourth-order valence-corrected chi connectivity index (χ4v) is 1.91. The first kappa shape index (κ1) is 14.1. The highest BCUT2D eigenvalue weighted by Crippen LogP contribution is 2.26. The lowest BCUT2D eigenvalue weighted by atomic mass is 10.2. The Kier molecular flexibility index (Phi) is 4.40. The summed E-state index contributed by atoms with van der Waals surface area (Å²) in [6.45, 7) is 4.79. The van der Waals surface area contributed by atoms with Gasteiger partial charge in [-0.05, 0) is 26.0 Å². The Hall–Kier alpha value is -2.30. The Morgan fingerprint density at radius 3 is 2.75 bits per heavy atom. The highest BCUT2D eigenvalue weighted by Gasteiger charge is 2.09. The van der Waals surface area contributed by atoms with Gasteiger partial charge in [-0.3, -0.25) is 0 Å². The van der Waals surface area contributed by atoms with Crippen LogP contribution in [0.15, 0.2) is 30.3 Å². The van der Waals surface area contributed by atoms with Crippen LogP contribution < -0.4 is 15.0 Å². The molecule has 0 aliphatic heterocycles.